The van der Waals surface area contributed by atoms with E-state index in [1.165, 1.54) is 14.0 Å². The van der Waals surface area contributed by atoms with Crippen LogP contribution in [0.15, 0.2) is 0 Å². The van der Waals surface area contributed by atoms with E-state index in [1.54, 1.807) is 0 Å². The van der Waals surface area contributed by atoms with Gasteiger partial charge in [0.15, 0.2) is 5.78 Å². The Bertz CT molecular complexity index is 161. The quantitative estimate of drug-likeness (QED) is 0.650. The van der Waals surface area contributed by atoms with E-state index >= 15 is 0 Å². The van der Waals surface area contributed by atoms with Gasteiger partial charge in [-0.05, 0) is 12.8 Å². The van der Waals surface area contributed by atoms with Crippen molar-refractivity contribution in [3.8, 4) is 0 Å². The van der Waals surface area contributed by atoms with Crippen molar-refractivity contribution in [1.82, 2.24) is 0 Å². The van der Waals surface area contributed by atoms with E-state index in [4.69, 9.17) is 0 Å². The number of ether oxygens (including phenoxy) is 2. The second-order valence-corrected chi connectivity index (χ2v) is 3.53. The third-order valence-corrected chi connectivity index (χ3v) is 0.699. The summed E-state index contributed by atoms with van der Waals surface area (Å²) in [5, 5.41) is 0. The van der Waals surface area contributed by atoms with E-state index in [9.17, 15) is 9.59 Å². The summed E-state index contributed by atoms with van der Waals surface area (Å²) in [5.41, 5.74) is 0. The van der Waals surface area contributed by atoms with E-state index in [2.05, 4.69) is 30.2 Å². The Balaban J connectivity index is 0. The average molecular weight is 204 g/mol. The fourth-order valence-corrected chi connectivity index (χ4v) is 0.342. The zero-order chi connectivity index (χ0) is 11.6. The van der Waals surface area contributed by atoms with E-state index < -0.39 is 5.97 Å². The van der Waals surface area contributed by atoms with Gasteiger partial charge in [-0.2, -0.15) is 0 Å². The standard InChI is InChI=1S/C6H10O4.C4H10/c1-5(7)3-10-6(8)4-9-2;1-4(2)3/h3-4H2,1-2H3;4H,1-3H3. The highest BCUT2D eigenvalue weighted by Gasteiger charge is 2.01. The Morgan fingerprint density at radius 1 is 1.14 bits per heavy atom. The first-order valence-electron chi connectivity index (χ1n) is 4.54. The van der Waals surface area contributed by atoms with Crippen molar-refractivity contribution in [2.45, 2.75) is 27.7 Å². The van der Waals surface area contributed by atoms with Gasteiger partial charge in [0, 0.05) is 7.11 Å². The fourth-order valence-electron chi connectivity index (χ4n) is 0.342. The lowest BCUT2D eigenvalue weighted by Crippen LogP contribution is -2.15. The SMILES string of the molecule is CC(C)C.COCC(=O)OCC(C)=O. The summed E-state index contributed by atoms with van der Waals surface area (Å²) in [7, 11) is 1.38. The first-order chi connectivity index (χ1) is 6.40. The molecule has 0 N–H and O–H groups in total. The molecule has 0 saturated carbocycles. The van der Waals surface area contributed by atoms with Crippen LogP contribution >= 0.6 is 0 Å². The smallest absolute Gasteiger partial charge is 0.332 e. The van der Waals surface area contributed by atoms with E-state index in [0.29, 0.717) is 0 Å². The van der Waals surface area contributed by atoms with Gasteiger partial charge in [0.25, 0.3) is 0 Å². The second kappa shape index (κ2) is 10.2. The Kier molecular flexibility index (Phi) is 11.3. The molecule has 84 valence electrons. The molecule has 0 bridgehead atoms. The molecule has 0 fully saturated rings. The van der Waals surface area contributed by atoms with Crippen LogP contribution in [-0.2, 0) is 19.1 Å². The lowest BCUT2D eigenvalue weighted by Gasteiger charge is -1.99. The highest BCUT2D eigenvalue weighted by Crippen LogP contribution is 1.81. The van der Waals surface area contributed by atoms with E-state index in [1.807, 2.05) is 0 Å². The molecule has 0 aromatic heterocycles. The molecule has 0 rings (SSSR count). The molecule has 4 nitrogen and oxygen atoms in total. The lowest BCUT2D eigenvalue weighted by molar-refractivity contribution is -0.151. The number of methoxy groups -OCH3 is 1. The summed E-state index contributed by atoms with van der Waals surface area (Å²) in [4.78, 5) is 20.7. The Hall–Kier alpha value is -0.900. The van der Waals surface area contributed by atoms with Crippen LogP contribution in [0.1, 0.15) is 27.7 Å². The van der Waals surface area contributed by atoms with E-state index in [-0.39, 0.29) is 19.0 Å². The van der Waals surface area contributed by atoms with Crippen molar-refractivity contribution in [2.75, 3.05) is 20.3 Å². The number of hydrogen-bond acceptors (Lipinski definition) is 4. The number of carbonyl (C=O) groups excluding carboxylic acids is 2. The Labute approximate surface area is 85.6 Å². The molecule has 0 aliphatic rings. The average Bonchev–Trinajstić information content (AvgIpc) is 2.00. The minimum Gasteiger partial charge on any atom is -0.456 e. The van der Waals surface area contributed by atoms with Crippen molar-refractivity contribution in [1.29, 1.82) is 0 Å². The van der Waals surface area contributed by atoms with Crippen molar-refractivity contribution < 1.29 is 19.1 Å². The summed E-state index contributed by atoms with van der Waals surface area (Å²) in [6.07, 6.45) is 0. The number of Topliss-reactive ketones (excluding diaryl/α,β-unsaturated/α-hetero) is 1. The van der Waals surface area contributed by atoms with Gasteiger partial charge < -0.3 is 9.47 Å². The monoisotopic (exact) mass is 204 g/mol. The van der Waals surface area contributed by atoms with Crippen molar-refractivity contribution >= 4 is 11.8 Å². The maximum Gasteiger partial charge on any atom is 0.332 e. The highest BCUT2D eigenvalue weighted by molar-refractivity contribution is 5.80. The minimum absolute atomic E-state index is 0.104. The molecule has 0 aliphatic carbocycles. The molecule has 4 heteroatoms. The van der Waals surface area contributed by atoms with Crippen LogP contribution in [-0.4, -0.2) is 32.1 Å². The number of ketones is 1. The number of rotatable bonds is 4. The van der Waals surface area contributed by atoms with Crippen LogP contribution in [0.3, 0.4) is 0 Å². The summed E-state index contributed by atoms with van der Waals surface area (Å²) < 4.78 is 8.88. The first-order valence-corrected chi connectivity index (χ1v) is 4.54. The van der Waals surface area contributed by atoms with Gasteiger partial charge >= 0.3 is 5.97 Å². The maximum atomic E-state index is 10.4. The molecule has 0 saturated heterocycles. The van der Waals surface area contributed by atoms with Gasteiger partial charge in [-0.25, -0.2) is 4.79 Å². The minimum atomic E-state index is -0.516. The third kappa shape index (κ3) is 22.5. The predicted molar refractivity (Wildman–Crippen MR) is 54.0 cm³/mol. The molecule has 0 radical (unpaired) electrons. The van der Waals surface area contributed by atoms with Gasteiger partial charge in [-0.3, -0.25) is 4.79 Å². The summed E-state index contributed by atoms with van der Waals surface area (Å²) in [6.45, 7) is 7.58. The highest BCUT2D eigenvalue weighted by atomic mass is 16.6. The number of carbonyl (C=O) groups is 2. The second-order valence-electron chi connectivity index (χ2n) is 3.53. The molecule has 0 unspecified atom stereocenters. The van der Waals surface area contributed by atoms with Crippen LogP contribution < -0.4 is 0 Å². The van der Waals surface area contributed by atoms with Crippen molar-refractivity contribution in [3.63, 3.8) is 0 Å². The molecule has 0 aromatic rings. The van der Waals surface area contributed by atoms with Crippen LogP contribution in [0.4, 0.5) is 0 Å². The van der Waals surface area contributed by atoms with E-state index in [0.717, 1.165) is 5.92 Å². The molecule has 0 spiro atoms. The van der Waals surface area contributed by atoms with Gasteiger partial charge in [0.1, 0.15) is 13.2 Å². The van der Waals surface area contributed by atoms with Gasteiger partial charge in [-0.1, -0.05) is 20.8 Å². The molecule has 0 amide bonds. The summed E-state index contributed by atoms with van der Waals surface area (Å²) >= 11 is 0. The van der Waals surface area contributed by atoms with Crippen LogP contribution in [0.5, 0.6) is 0 Å². The maximum absolute atomic E-state index is 10.4. The zero-order valence-electron chi connectivity index (χ0n) is 9.62. The van der Waals surface area contributed by atoms with Gasteiger partial charge in [0.05, 0.1) is 0 Å². The van der Waals surface area contributed by atoms with Gasteiger partial charge in [0.2, 0.25) is 0 Å². The topological polar surface area (TPSA) is 52.6 Å². The Morgan fingerprint density at radius 3 is 1.86 bits per heavy atom. The van der Waals surface area contributed by atoms with Crippen molar-refractivity contribution in [3.05, 3.63) is 0 Å². The van der Waals surface area contributed by atoms with Crippen LogP contribution in [0.2, 0.25) is 0 Å². The van der Waals surface area contributed by atoms with Crippen molar-refractivity contribution in [2.24, 2.45) is 5.92 Å². The largest absolute Gasteiger partial charge is 0.456 e. The normalized spacial score (nSPS) is 9.00. The number of hydrogen-bond donors (Lipinski definition) is 0. The summed E-state index contributed by atoms with van der Waals surface area (Å²) in [6, 6.07) is 0. The van der Waals surface area contributed by atoms with Gasteiger partial charge in [-0.15, -0.1) is 0 Å². The third-order valence-electron chi connectivity index (χ3n) is 0.699. The molecular weight excluding hydrogens is 184 g/mol. The summed E-state index contributed by atoms with van der Waals surface area (Å²) in [5.74, 6) is 0.141. The molecule has 0 atom stereocenters. The lowest BCUT2D eigenvalue weighted by atomic mass is 10.3. The molecule has 14 heavy (non-hydrogen) atoms. The first kappa shape index (κ1) is 15.6. The fraction of sp³-hybridized carbons (Fsp3) is 0.800. The van der Waals surface area contributed by atoms with Crippen LogP contribution in [0, 0.1) is 5.92 Å². The molecule has 0 aliphatic heterocycles. The molecule has 0 heterocycles. The zero-order valence-corrected chi connectivity index (χ0v) is 9.62. The Morgan fingerprint density at radius 2 is 1.57 bits per heavy atom. The van der Waals surface area contributed by atoms with Crippen LogP contribution in [0.25, 0.3) is 0 Å². The number of esters is 1. The predicted octanol–water partition coefficient (Wildman–Crippen LogP) is 1.43. The molecular formula is C10H20O4. The molecule has 0 aromatic carbocycles.